The molecule has 0 radical (unpaired) electrons. The summed E-state index contributed by atoms with van der Waals surface area (Å²) in [5.74, 6) is -0.408. The fourth-order valence-corrected chi connectivity index (χ4v) is 3.43. The predicted molar refractivity (Wildman–Crippen MR) is 114 cm³/mol. The van der Waals surface area contributed by atoms with Crippen molar-refractivity contribution in [2.75, 3.05) is 30.4 Å². The third-order valence-corrected chi connectivity index (χ3v) is 5.18. The molecule has 3 amide bonds. The second-order valence-electron chi connectivity index (χ2n) is 6.67. The molecule has 1 aliphatic heterocycles. The van der Waals surface area contributed by atoms with E-state index in [1.165, 1.54) is 0 Å². The van der Waals surface area contributed by atoms with E-state index in [4.69, 9.17) is 4.74 Å². The zero-order chi connectivity index (χ0) is 20.8. The number of methoxy groups -OCH3 is 1. The Hall–Kier alpha value is -2.87. The summed E-state index contributed by atoms with van der Waals surface area (Å²) in [5, 5.41) is 5.53. The molecule has 1 unspecified atom stereocenters. The van der Waals surface area contributed by atoms with Gasteiger partial charge < -0.3 is 20.3 Å². The maximum Gasteiger partial charge on any atom is 0.227 e. The highest BCUT2D eigenvalue weighted by molar-refractivity contribution is 9.10. The molecule has 29 heavy (non-hydrogen) atoms. The molecule has 1 atom stereocenters. The number of hydrogen-bond acceptors (Lipinski definition) is 4. The van der Waals surface area contributed by atoms with Gasteiger partial charge in [0.1, 0.15) is 5.75 Å². The van der Waals surface area contributed by atoms with Crippen LogP contribution in [0.25, 0.3) is 0 Å². The summed E-state index contributed by atoms with van der Waals surface area (Å²) in [6.07, 6.45) is 0.285. The minimum absolute atomic E-state index is 0.123. The number of halogens is 1. The van der Waals surface area contributed by atoms with Crippen LogP contribution in [0, 0.1) is 5.92 Å². The normalized spacial score (nSPS) is 15.9. The van der Waals surface area contributed by atoms with Crippen LogP contribution in [0.3, 0.4) is 0 Å². The lowest BCUT2D eigenvalue weighted by Crippen LogP contribution is -2.34. The quantitative estimate of drug-likeness (QED) is 0.665. The number of nitrogens with zero attached hydrogens (tertiary/aromatic N) is 1. The molecule has 1 aliphatic rings. The molecular formula is C21H22BrN3O4. The number of rotatable bonds is 7. The lowest BCUT2D eigenvalue weighted by atomic mass is 10.1. The molecule has 1 saturated heterocycles. The zero-order valence-corrected chi connectivity index (χ0v) is 17.6. The molecule has 1 heterocycles. The second-order valence-corrected chi connectivity index (χ2v) is 7.59. The number of anilines is 2. The van der Waals surface area contributed by atoms with Crippen LogP contribution in [-0.4, -0.2) is 37.9 Å². The van der Waals surface area contributed by atoms with Gasteiger partial charge in [0.15, 0.2) is 0 Å². The van der Waals surface area contributed by atoms with Gasteiger partial charge in [-0.1, -0.05) is 28.1 Å². The molecule has 152 valence electrons. The number of para-hydroxylation sites is 2. The highest BCUT2D eigenvalue weighted by atomic mass is 79.9. The van der Waals surface area contributed by atoms with Gasteiger partial charge in [0.2, 0.25) is 17.7 Å². The summed E-state index contributed by atoms with van der Waals surface area (Å²) in [6.45, 7) is 0.497. The van der Waals surface area contributed by atoms with E-state index in [1.54, 1.807) is 36.3 Å². The van der Waals surface area contributed by atoms with E-state index in [9.17, 15) is 14.4 Å². The van der Waals surface area contributed by atoms with E-state index in [0.717, 1.165) is 4.47 Å². The number of hydrogen-bond donors (Lipinski definition) is 2. The van der Waals surface area contributed by atoms with Crippen LogP contribution < -0.4 is 20.3 Å². The van der Waals surface area contributed by atoms with Gasteiger partial charge in [-0.2, -0.15) is 0 Å². The van der Waals surface area contributed by atoms with Crippen LogP contribution in [-0.2, 0) is 14.4 Å². The van der Waals surface area contributed by atoms with Crippen molar-refractivity contribution < 1.29 is 19.1 Å². The number of carbonyl (C=O) groups is 3. The number of nitrogens with one attached hydrogen (secondary N) is 2. The molecule has 2 aromatic carbocycles. The standard InChI is InChI=1S/C21H22BrN3O4/c1-29-18-5-3-2-4-17(18)25-13-14(12-20(25)27)21(28)23-11-10-19(26)24-16-8-6-15(22)7-9-16/h2-9,14H,10-13H2,1H3,(H,23,28)(H,24,26). The van der Waals surface area contributed by atoms with Crippen molar-refractivity contribution >= 4 is 45.0 Å². The Morgan fingerprint density at radius 2 is 1.90 bits per heavy atom. The molecule has 3 rings (SSSR count). The summed E-state index contributed by atoms with van der Waals surface area (Å²) in [6, 6.07) is 14.5. The Morgan fingerprint density at radius 3 is 2.62 bits per heavy atom. The van der Waals surface area contributed by atoms with Gasteiger partial charge in [-0.05, 0) is 36.4 Å². The van der Waals surface area contributed by atoms with Gasteiger partial charge >= 0.3 is 0 Å². The fraction of sp³-hybridized carbons (Fsp3) is 0.286. The van der Waals surface area contributed by atoms with Crippen LogP contribution in [0.4, 0.5) is 11.4 Å². The summed E-state index contributed by atoms with van der Waals surface area (Å²) >= 11 is 3.34. The van der Waals surface area contributed by atoms with Crippen molar-refractivity contribution in [1.82, 2.24) is 5.32 Å². The molecule has 7 nitrogen and oxygen atoms in total. The van der Waals surface area contributed by atoms with Crippen molar-refractivity contribution in [2.24, 2.45) is 5.92 Å². The Balaban J connectivity index is 1.48. The van der Waals surface area contributed by atoms with Crippen LogP contribution in [0.15, 0.2) is 53.0 Å². The summed E-state index contributed by atoms with van der Waals surface area (Å²) in [5.41, 5.74) is 1.35. The van der Waals surface area contributed by atoms with E-state index < -0.39 is 5.92 Å². The Morgan fingerprint density at radius 1 is 1.17 bits per heavy atom. The summed E-state index contributed by atoms with van der Waals surface area (Å²) < 4.78 is 6.23. The Bertz CT molecular complexity index is 901. The first-order chi connectivity index (χ1) is 14.0. The van der Waals surface area contributed by atoms with Crippen molar-refractivity contribution in [3.05, 3.63) is 53.0 Å². The first-order valence-corrected chi connectivity index (χ1v) is 10.0. The van der Waals surface area contributed by atoms with Crippen molar-refractivity contribution in [2.45, 2.75) is 12.8 Å². The van der Waals surface area contributed by atoms with Crippen LogP contribution in [0.2, 0.25) is 0 Å². The average molecular weight is 460 g/mol. The van der Waals surface area contributed by atoms with E-state index >= 15 is 0 Å². The van der Waals surface area contributed by atoms with E-state index in [0.29, 0.717) is 17.1 Å². The summed E-state index contributed by atoms with van der Waals surface area (Å²) in [7, 11) is 1.54. The number of benzene rings is 2. The number of carbonyl (C=O) groups excluding carboxylic acids is 3. The predicted octanol–water partition coefficient (Wildman–Crippen LogP) is 2.96. The highest BCUT2D eigenvalue weighted by Crippen LogP contribution is 2.32. The summed E-state index contributed by atoms with van der Waals surface area (Å²) in [4.78, 5) is 38.4. The highest BCUT2D eigenvalue weighted by Gasteiger charge is 2.36. The molecular weight excluding hydrogens is 438 g/mol. The first kappa shape index (κ1) is 20.9. The third kappa shape index (κ3) is 5.35. The maximum absolute atomic E-state index is 12.4. The SMILES string of the molecule is COc1ccccc1N1CC(C(=O)NCCC(=O)Nc2ccc(Br)cc2)CC1=O. The van der Waals surface area contributed by atoms with E-state index in [1.807, 2.05) is 24.3 Å². The van der Waals surface area contributed by atoms with Crippen molar-refractivity contribution in [1.29, 1.82) is 0 Å². The molecule has 0 aliphatic carbocycles. The molecule has 0 saturated carbocycles. The second kappa shape index (κ2) is 9.56. The molecule has 1 fully saturated rings. The van der Waals surface area contributed by atoms with Crippen LogP contribution in [0.1, 0.15) is 12.8 Å². The average Bonchev–Trinajstić information content (AvgIpc) is 3.11. The third-order valence-electron chi connectivity index (χ3n) is 4.65. The van der Waals surface area contributed by atoms with Crippen molar-refractivity contribution in [3.8, 4) is 5.75 Å². The smallest absolute Gasteiger partial charge is 0.227 e. The zero-order valence-electron chi connectivity index (χ0n) is 16.0. The largest absolute Gasteiger partial charge is 0.495 e. The maximum atomic E-state index is 12.4. The molecule has 2 aromatic rings. The van der Waals surface area contributed by atoms with Gasteiger partial charge in [-0.3, -0.25) is 14.4 Å². The molecule has 0 aromatic heterocycles. The van der Waals surface area contributed by atoms with E-state index in [2.05, 4.69) is 26.6 Å². The van der Waals surface area contributed by atoms with E-state index in [-0.39, 0.29) is 43.7 Å². The van der Waals surface area contributed by atoms with Crippen LogP contribution >= 0.6 is 15.9 Å². The Labute approximate surface area is 177 Å². The van der Waals surface area contributed by atoms with Crippen LogP contribution in [0.5, 0.6) is 5.75 Å². The fourth-order valence-electron chi connectivity index (χ4n) is 3.17. The number of ether oxygens (including phenoxy) is 1. The van der Waals surface area contributed by atoms with Gasteiger partial charge in [-0.25, -0.2) is 0 Å². The van der Waals surface area contributed by atoms with Gasteiger partial charge in [0.05, 0.1) is 18.7 Å². The molecule has 2 N–H and O–H groups in total. The number of amides is 3. The van der Waals surface area contributed by atoms with Gasteiger partial charge in [-0.15, -0.1) is 0 Å². The van der Waals surface area contributed by atoms with Gasteiger partial charge in [0, 0.05) is 36.1 Å². The molecule has 0 spiro atoms. The lowest BCUT2D eigenvalue weighted by molar-refractivity contribution is -0.126. The minimum Gasteiger partial charge on any atom is -0.495 e. The van der Waals surface area contributed by atoms with Gasteiger partial charge in [0.25, 0.3) is 0 Å². The molecule has 8 heteroatoms. The monoisotopic (exact) mass is 459 g/mol. The van der Waals surface area contributed by atoms with Crippen molar-refractivity contribution in [3.63, 3.8) is 0 Å². The topological polar surface area (TPSA) is 87.7 Å². The molecule has 0 bridgehead atoms. The Kier molecular flexibility index (Phi) is 6.87. The minimum atomic E-state index is -0.457. The first-order valence-electron chi connectivity index (χ1n) is 9.24. The lowest BCUT2D eigenvalue weighted by Gasteiger charge is -2.19.